The highest BCUT2D eigenvalue weighted by molar-refractivity contribution is 7.14. The standard InChI is InChI=1S/C31H50N2OS/c1-3-5-7-8-9-10-12-20-30-32-33-31(35-30)28-21-23-29(24-22-28)34-25-15-19-27-18-14-13-17-26(27)16-11-6-4-2/h21-24,26-27H,3-20,25H2,1-2H3. The lowest BCUT2D eigenvalue weighted by Crippen LogP contribution is -2.20. The van der Waals surface area contributed by atoms with Gasteiger partial charge in [0.1, 0.15) is 15.8 Å². The fraction of sp³-hybridized carbons (Fsp3) is 0.742. The molecule has 1 aliphatic carbocycles. The monoisotopic (exact) mass is 498 g/mol. The van der Waals surface area contributed by atoms with Crippen LogP contribution in [0.5, 0.6) is 5.75 Å². The summed E-state index contributed by atoms with van der Waals surface area (Å²) in [5, 5.41) is 11.1. The second-order valence-corrected chi connectivity index (χ2v) is 11.7. The van der Waals surface area contributed by atoms with Gasteiger partial charge in [-0.25, -0.2) is 0 Å². The van der Waals surface area contributed by atoms with Crippen molar-refractivity contribution in [1.82, 2.24) is 10.2 Å². The maximum absolute atomic E-state index is 6.09. The van der Waals surface area contributed by atoms with Crippen molar-refractivity contribution in [2.45, 2.75) is 129 Å². The van der Waals surface area contributed by atoms with Gasteiger partial charge in [-0.3, -0.25) is 0 Å². The zero-order valence-corrected chi connectivity index (χ0v) is 23.4. The molecule has 0 spiro atoms. The number of benzene rings is 1. The van der Waals surface area contributed by atoms with E-state index in [2.05, 4.69) is 48.3 Å². The molecule has 3 nitrogen and oxygen atoms in total. The lowest BCUT2D eigenvalue weighted by atomic mass is 9.74. The Morgan fingerprint density at radius 1 is 0.743 bits per heavy atom. The predicted octanol–water partition coefficient (Wildman–Crippen LogP) is 10.0. The van der Waals surface area contributed by atoms with Crippen molar-refractivity contribution in [2.75, 3.05) is 6.61 Å². The topological polar surface area (TPSA) is 35.0 Å². The van der Waals surface area contributed by atoms with Crippen LogP contribution in [0.1, 0.15) is 128 Å². The first-order valence-electron chi connectivity index (χ1n) is 14.9. The molecule has 4 heteroatoms. The van der Waals surface area contributed by atoms with E-state index < -0.39 is 0 Å². The summed E-state index contributed by atoms with van der Waals surface area (Å²) >= 11 is 1.75. The van der Waals surface area contributed by atoms with Gasteiger partial charge < -0.3 is 4.74 Å². The molecule has 0 amide bonds. The third-order valence-corrected chi connectivity index (χ3v) is 8.83. The molecule has 3 rings (SSSR count). The first-order valence-corrected chi connectivity index (χ1v) is 15.7. The molecular weight excluding hydrogens is 448 g/mol. The Bertz CT molecular complexity index is 788. The van der Waals surface area contributed by atoms with Crippen LogP contribution in [0.25, 0.3) is 10.6 Å². The molecule has 1 aliphatic rings. The molecule has 2 atom stereocenters. The highest BCUT2D eigenvalue weighted by atomic mass is 32.1. The van der Waals surface area contributed by atoms with Crippen molar-refractivity contribution < 1.29 is 4.74 Å². The highest BCUT2D eigenvalue weighted by Gasteiger charge is 2.24. The summed E-state index contributed by atoms with van der Waals surface area (Å²) in [6.45, 7) is 5.42. The lowest BCUT2D eigenvalue weighted by Gasteiger charge is -2.31. The van der Waals surface area contributed by atoms with Crippen molar-refractivity contribution in [3.63, 3.8) is 0 Å². The maximum Gasteiger partial charge on any atom is 0.147 e. The molecule has 2 aromatic rings. The Kier molecular flexibility index (Phi) is 13.8. The van der Waals surface area contributed by atoms with E-state index in [1.54, 1.807) is 11.3 Å². The zero-order valence-electron chi connectivity index (χ0n) is 22.6. The highest BCUT2D eigenvalue weighted by Crippen LogP contribution is 2.36. The number of hydrogen-bond donors (Lipinski definition) is 0. The number of aromatic nitrogens is 2. The zero-order chi connectivity index (χ0) is 24.6. The van der Waals surface area contributed by atoms with E-state index in [4.69, 9.17) is 4.74 Å². The third-order valence-electron chi connectivity index (χ3n) is 7.80. The van der Waals surface area contributed by atoms with Gasteiger partial charge in [-0.2, -0.15) is 0 Å². The summed E-state index contributed by atoms with van der Waals surface area (Å²) in [6.07, 6.45) is 24.3. The second kappa shape index (κ2) is 17.1. The molecule has 1 fully saturated rings. The Morgan fingerprint density at radius 3 is 2.09 bits per heavy atom. The van der Waals surface area contributed by atoms with Crippen molar-refractivity contribution in [2.24, 2.45) is 11.8 Å². The summed E-state index contributed by atoms with van der Waals surface area (Å²) in [5.74, 6) is 2.88. The van der Waals surface area contributed by atoms with Crippen LogP contribution >= 0.6 is 11.3 Å². The van der Waals surface area contributed by atoms with Gasteiger partial charge in [0.05, 0.1) is 6.61 Å². The molecule has 1 aromatic heterocycles. The van der Waals surface area contributed by atoms with Crippen molar-refractivity contribution in [3.05, 3.63) is 29.3 Å². The van der Waals surface area contributed by atoms with Gasteiger partial charge in [-0.1, -0.05) is 115 Å². The lowest BCUT2D eigenvalue weighted by molar-refractivity contribution is 0.190. The summed E-state index contributed by atoms with van der Waals surface area (Å²) in [6, 6.07) is 8.47. The van der Waals surface area contributed by atoms with Gasteiger partial charge in [0, 0.05) is 12.0 Å². The van der Waals surface area contributed by atoms with Gasteiger partial charge in [0.25, 0.3) is 0 Å². The van der Waals surface area contributed by atoms with E-state index in [0.717, 1.165) is 41.2 Å². The first-order chi connectivity index (χ1) is 17.3. The average molecular weight is 499 g/mol. The van der Waals surface area contributed by atoms with Crippen LogP contribution in [0.3, 0.4) is 0 Å². The van der Waals surface area contributed by atoms with Crippen LogP contribution < -0.4 is 4.74 Å². The Hall–Kier alpha value is -1.42. The van der Waals surface area contributed by atoms with Crippen molar-refractivity contribution in [1.29, 1.82) is 0 Å². The molecule has 0 aliphatic heterocycles. The summed E-state index contributed by atoms with van der Waals surface area (Å²) in [5.41, 5.74) is 1.15. The molecule has 0 bridgehead atoms. The minimum atomic E-state index is 0.832. The van der Waals surface area contributed by atoms with Crippen LogP contribution in [0, 0.1) is 11.8 Å². The smallest absolute Gasteiger partial charge is 0.147 e. The van der Waals surface area contributed by atoms with E-state index in [-0.39, 0.29) is 0 Å². The Labute approximate surface area is 219 Å². The molecule has 0 saturated heterocycles. The van der Waals surface area contributed by atoms with E-state index in [0.29, 0.717) is 0 Å². The first kappa shape index (κ1) is 28.2. The number of aryl methyl sites for hydroxylation is 1. The van der Waals surface area contributed by atoms with Gasteiger partial charge in [0.15, 0.2) is 0 Å². The Balaban J connectivity index is 1.33. The summed E-state index contributed by atoms with van der Waals surface area (Å²) in [4.78, 5) is 0. The van der Waals surface area contributed by atoms with E-state index in [9.17, 15) is 0 Å². The third kappa shape index (κ3) is 10.6. The van der Waals surface area contributed by atoms with Crippen LogP contribution in [-0.4, -0.2) is 16.8 Å². The molecule has 35 heavy (non-hydrogen) atoms. The molecule has 196 valence electrons. The normalized spacial score (nSPS) is 18.1. The Morgan fingerprint density at radius 2 is 1.37 bits per heavy atom. The number of hydrogen-bond acceptors (Lipinski definition) is 4. The minimum Gasteiger partial charge on any atom is -0.494 e. The maximum atomic E-state index is 6.09. The minimum absolute atomic E-state index is 0.832. The van der Waals surface area contributed by atoms with Gasteiger partial charge in [-0.05, 0) is 55.4 Å². The van der Waals surface area contributed by atoms with Crippen LogP contribution in [0.15, 0.2) is 24.3 Å². The van der Waals surface area contributed by atoms with Crippen molar-refractivity contribution in [3.8, 4) is 16.3 Å². The van der Waals surface area contributed by atoms with E-state index in [1.807, 2.05) is 0 Å². The molecule has 0 N–H and O–H groups in total. The quantitative estimate of drug-likeness (QED) is 0.192. The molecule has 1 saturated carbocycles. The largest absolute Gasteiger partial charge is 0.494 e. The fourth-order valence-corrected chi connectivity index (χ4v) is 6.52. The SMILES string of the molecule is CCCCCCCCCc1nnc(-c2ccc(OCCCC3CCCCC3CCCCC)cc2)s1. The van der Waals surface area contributed by atoms with Gasteiger partial charge >= 0.3 is 0 Å². The second-order valence-electron chi connectivity index (χ2n) is 10.7. The molecule has 1 heterocycles. The van der Waals surface area contributed by atoms with Crippen LogP contribution in [0.4, 0.5) is 0 Å². The van der Waals surface area contributed by atoms with E-state index in [1.165, 1.54) is 114 Å². The van der Waals surface area contributed by atoms with Crippen molar-refractivity contribution >= 4 is 11.3 Å². The van der Waals surface area contributed by atoms with E-state index >= 15 is 0 Å². The number of ether oxygens (including phenoxy) is 1. The molecule has 2 unspecified atom stereocenters. The molecule has 1 aromatic carbocycles. The number of unbranched alkanes of at least 4 members (excludes halogenated alkanes) is 8. The number of nitrogens with zero attached hydrogens (tertiary/aromatic N) is 2. The summed E-state index contributed by atoms with van der Waals surface area (Å²) < 4.78 is 6.09. The predicted molar refractivity (Wildman–Crippen MR) is 151 cm³/mol. The fourth-order valence-electron chi connectivity index (χ4n) is 5.63. The van der Waals surface area contributed by atoms with Gasteiger partial charge in [0.2, 0.25) is 0 Å². The molecule has 0 radical (unpaired) electrons. The molecular formula is C31H50N2OS. The van der Waals surface area contributed by atoms with Crippen LogP contribution in [0.2, 0.25) is 0 Å². The van der Waals surface area contributed by atoms with Crippen LogP contribution in [-0.2, 0) is 6.42 Å². The summed E-state index contributed by atoms with van der Waals surface area (Å²) in [7, 11) is 0. The van der Waals surface area contributed by atoms with Gasteiger partial charge in [-0.15, -0.1) is 10.2 Å². The number of rotatable bonds is 18. The average Bonchev–Trinajstić information content (AvgIpc) is 3.36.